The number of sulfone groups is 1. The van der Waals surface area contributed by atoms with E-state index in [9.17, 15) is 8.42 Å². The van der Waals surface area contributed by atoms with Crippen LogP contribution < -0.4 is 0 Å². The lowest BCUT2D eigenvalue weighted by molar-refractivity contribution is 0.180. The number of likely N-dealkylation sites (N-methyl/N-ethyl adjacent to an activating group) is 1. The van der Waals surface area contributed by atoms with Crippen LogP contribution in [0.2, 0.25) is 0 Å². The summed E-state index contributed by atoms with van der Waals surface area (Å²) in [5, 5.41) is 3.80. The third-order valence-electron chi connectivity index (χ3n) is 3.43. The second kappa shape index (κ2) is 4.10. The number of nitrogens with zero attached hydrogens (tertiary/aromatic N) is 3. The van der Waals surface area contributed by atoms with Gasteiger partial charge in [0.25, 0.3) is 0 Å². The molecule has 0 aromatic carbocycles. The Morgan fingerprint density at radius 3 is 2.71 bits per heavy atom. The molecular weight excluding hydrogens is 238 g/mol. The molecule has 0 radical (unpaired) electrons. The van der Waals surface area contributed by atoms with Gasteiger partial charge < -0.3 is 0 Å². The van der Waals surface area contributed by atoms with Gasteiger partial charge in [-0.25, -0.2) is 8.42 Å². The Morgan fingerprint density at radius 1 is 1.47 bits per heavy atom. The number of aromatic nitrogens is 2. The van der Waals surface area contributed by atoms with Gasteiger partial charge >= 0.3 is 0 Å². The Morgan fingerprint density at radius 2 is 2.12 bits per heavy atom. The van der Waals surface area contributed by atoms with E-state index >= 15 is 0 Å². The lowest BCUT2D eigenvalue weighted by Crippen LogP contribution is -2.39. The average Bonchev–Trinajstić information content (AvgIpc) is 2.62. The van der Waals surface area contributed by atoms with Gasteiger partial charge in [-0.1, -0.05) is 0 Å². The standard InChI is InChI=1S/C11H19N3O2S/c1-8(2)17(15,16)11-5-12-14-6-9(3)13(4)7-10(11)14/h5,8-9H,6-7H2,1-4H3/t9-/m0/s1. The number of rotatable bonds is 2. The van der Waals surface area contributed by atoms with Crippen molar-refractivity contribution in [3.63, 3.8) is 0 Å². The van der Waals surface area contributed by atoms with Gasteiger partial charge in [0, 0.05) is 12.6 Å². The average molecular weight is 257 g/mol. The highest BCUT2D eigenvalue weighted by Crippen LogP contribution is 2.25. The smallest absolute Gasteiger partial charge is 0.184 e. The van der Waals surface area contributed by atoms with Crippen molar-refractivity contribution in [2.45, 2.75) is 50.0 Å². The fourth-order valence-electron chi connectivity index (χ4n) is 1.98. The van der Waals surface area contributed by atoms with Crippen LogP contribution in [-0.4, -0.2) is 41.4 Å². The second-order valence-electron chi connectivity index (χ2n) is 5.00. The summed E-state index contributed by atoms with van der Waals surface area (Å²) in [6.07, 6.45) is 1.50. The van der Waals surface area contributed by atoms with E-state index in [0.29, 0.717) is 17.5 Å². The first-order valence-electron chi connectivity index (χ1n) is 5.83. The predicted octanol–water partition coefficient (Wildman–Crippen LogP) is 0.899. The van der Waals surface area contributed by atoms with Gasteiger partial charge in [0.1, 0.15) is 4.90 Å². The van der Waals surface area contributed by atoms with E-state index in [-0.39, 0.29) is 0 Å². The summed E-state index contributed by atoms with van der Waals surface area (Å²) < 4.78 is 26.2. The zero-order valence-electron chi connectivity index (χ0n) is 10.7. The monoisotopic (exact) mass is 257 g/mol. The van der Waals surface area contributed by atoms with Crippen LogP contribution in [0.1, 0.15) is 26.5 Å². The maximum Gasteiger partial charge on any atom is 0.184 e. The van der Waals surface area contributed by atoms with Gasteiger partial charge in [-0.2, -0.15) is 5.10 Å². The minimum atomic E-state index is -3.23. The molecule has 0 spiro atoms. The van der Waals surface area contributed by atoms with Crippen LogP contribution in [-0.2, 0) is 22.9 Å². The van der Waals surface area contributed by atoms with Gasteiger partial charge in [0.15, 0.2) is 9.84 Å². The van der Waals surface area contributed by atoms with E-state index in [1.54, 1.807) is 13.8 Å². The first-order valence-corrected chi connectivity index (χ1v) is 7.37. The molecule has 2 heterocycles. The molecule has 0 saturated heterocycles. The third kappa shape index (κ3) is 1.99. The summed E-state index contributed by atoms with van der Waals surface area (Å²) in [6.45, 7) is 6.91. The van der Waals surface area contributed by atoms with E-state index in [0.717, 1.165) is 12.2 Å². The summed E-state index contributed by atoms with van der Waals surface area (Å²) in [6, 6.07) is 0.386. The molecule has 0 unspecified atom stereocenters. The van der Waals surface area contributed by atoms with E-state index in [2.05, 4.69) is 16.9 Å². The van der Waals surface area contributed by atoms with Crippen molar-refractivity contribution < 1.29 is 8.42 Å². The molecule has 0 bridgehead atoms. The third-order valence-corrected chi connectivity index (χ3v) is 5.62. The lowest BCUT2D eigenvalue weighted by Gasteiger charge is -2.31. The summed E-state index contributed by atoms with van der Waals surface area (Å²) >= 11 is 0. The highest BCUT2D eigenvalue weighted by Gasteiger charge is 2.30. The molecule has 0 saturated carbocycles. The summed E-state index contributed by atoms with van der Waals surface area (Å²) in [7, 11) is -1.22. The Hall–Kier alpha value is -0.880. The van der Waals surface area contributed by atoms with Gasteiger partial charge in [0.2, 0.25) is 0 Å². The van der Waals surface area contributed by atoms with Crippen molar-refractivity contribution in [2.24, 2.45) is 0 Å². The van der Waals surface area contributed by atoms with Crippen molar-refractivity contribution in [1.82, 2.24) is 14.7 Å². The highest BCUT2D eigenvalue weighted by atomic mass is 32.2. The number of hydrogen-bond donors (Lipinski definition) is 0. The summed E-state index contributed by atoms with van der Waals surface area (Å²) in [5.41, 5.74) is 0.819. The minimum Gasteiger partial charge on any atom is -0.296 e. The van der Waals surface area contributed by atoms with Gasteiger partial charge in [-0.05, 0) is 27.8 Å². The fourth-order valence-corrected chi connectivity index (χ4v) is 3.18. The predicted molar refractivity (Wildman–Crippen MR) is 65.5 cm³/mol. The van der Waals surface area contributed by atoms with Crippen molar-refractivity contribution in [1.29, 1.82) is 0 Å². The molecule has 1 aromatic heterocycles. The van der Waals surface area contributed by atoms with Crippen LogP contribution in [0.4, 0.5) is 0 Å². The van der Waals surface area contributed by atoms with Crippen molar-refractivity contribution in [3.05, 3.63) is 11.9 Å². The second-order valence-corrected chi connectivity index (χ2v) is 7.47. The van der Waals surface area contributed by atoms with Crippen LogP contribution in [0, 0.1) is 0 Å². The zero-order chi connectivity index (χ0) is 12.8. The van der Waals surface area contributed by atoms with E-state index in [4.69, 9.17) is 0 Å². The topological polar surface area (TPSA) is 55.2 Å². The van der Waals surface area contributed by atoms with Crippen LogP contribution >= 0.6 is 0 Å². The normalized spacial score (nSPS) is 21.8. The van der Waals surface area contributed by atoms with Crippen molar-refractivity contribution in [2.75, 3.05) is 7.05 Å². The van der Waals surface area contributed by atoms with Crippen molar-refractivity contribution in [3.8, 4) is 0 Å². The first kappa shape index (κ1) is 12.6. The fraction of sp³-hybridized carbons (Fsp3) is 0.727. The maximum absolute atomic E-state index is 12.2. The highest BCUT2D eigenvalue weighted by molar-refractivity contribution is 7.92. The SMILES string of the molecule is CC(C)S(=O)(=O)c1cnn2c1CN(C)[C@@H](C)C2. The van der Waals surface area contributed by atoms with Gasteiger partial charge in [-0.3, -0.25) is 9.58 Å². The molecule has 96 valence electrons. The number of fused-ring (bicyclic) bond motifs is 1. The Balaban J connectivity index is 2.48. The number of hydrogen-bond acceptors (Lipinski definition) is 4. The molecule has 1 aliphatic rings. The minimum absolute atomic E-state index is 0.386. The van der Waals surface area contributed by atoms with Crippen LogP contribution in [0.3, 0.4) is 0 Å². The van der Waals surface area contributed by atoms with Crippen molar-refractivity contribution >= 4 is 9.84 Å². The largest absolute Gasteiger partial charge is 0.296 e. The zero-order valence-corrected chi connectivity index (χ0v) is 11.5. The summed E-state index contributed by atoms with van der Waals surface area (Å²) in [4.78, 5) is 2.54. The summed E-state index contributed by atoms with van der Waals surface area (Å²) in [5.74, 6) is 0. The molecule has 0 aliphatic carbocycles. The molecular formula is C11H19N3O2S. The first-order chi connectivity index (χ1) is 7.84. The molecule has 5 nitrogen and oxygen atoms in total. The lowest BCUT2D eigenvalue weighted by atomic mass is 10.2. The molecule has 1 atom stereocenters. The van der Waals surface area contributed by atoms with Gasteiger partial charge in [0.05, 0.1) is 23.7 Å². The molecule has 1 aliphatic heterocycles. The van der Waals surface area contributed by atoms with Crippen LogP contribution in [0.5, 0.6) is 0 Å². The molecule has 17 heavy (non-hydrogen) atoms. The van der Waals surface area contributed by atoms with Crippen LogP contribution in [0.15, 0.2) is 11.1 Å². The molecule has 6 heteroatoms. The molecule has 0 N–H and O–H groups in total. The molecule has 1 aromatic rings. The van der Waals surface area contributed by atoms with E-state index in [1.165, 1.54) is 6.20 Å². The quantitative estimate of drug-likeness (QED) is 0.790. The Labute approximate surface area is 102 Å². The molecule has 2 rings (SSSR count). The van der Waals surface area contributed by atoms with Gasteiger partial charge in [-0.15, -0.1) is 0 Å². The van der Waals surface area contributed by atoms with E-state index in [1.807, 2.05) is 11.7 Å². The molecule has 0 amide bonds. The van der Waals surface area contributed by atoms with Crippen LogP contribution in [0.25, 0.3) is 0 Å². The maximum atomic E-state index is 12.2. The Bertz CT molecular complexity index is 519. The van der Waals surface area contributed by atoms with E-state index < -0.39 is 15.1 Å². The Kier molecular flexibility index (Phi) is 3.03. The molecule has 0 fully saturated rings.